The van der Waals surface area contributed by atoms with Gasteiger partial charge in [-0.05, 0) is 42.3 Å². The molecule has 0 aromatic heterocycles. The van der Waals surface area contributed by atoms with Crippen LogP contribution in [0.2, 0.25) is 0 Å². The van der Waals surface area contributed by atoms with Crippen molar-refractivity contribution in [3.8, 4) is 0 Å². The Labute approximate surface area is 87.0 Å². The maximum atomic E-state index is 3.49. The van der Waals surface area contributed by atoms with Gasteiger partial charge in [-0.2, -0.15) is 0 Å². The number of rotatable bonds is 2. The van der Waals surface area contributed by atoms with Crippen molar-refractivity contribution in [3.63, 3.8) is 0 Å². The van der Waals surface area contributed by atoms with E-state index >= 15 is 0 Å². The maximum Gasteiger partial charge on any atom is 0.0205 e. The molecule has 0 unspecified atom stereocenters. The van der Waals surface area contributed by atoms with Gasteiger partial charge in [-0.25, -0.2) is 0 Å². The Morgan fingerprint density at radius 3 is 3.08 bits per heavy atom. The molecule has 0 atom stereocenters. The SMILES string of the molecule is CNCC1=CCc2cc(Br)ccc21. The summed E-state index contributed by atoms with van der Waals surface area (Å²) in [6, 6.07) is 6.50. The Morgan fingerprint density at radius 1 is 1.46 bits per heavy atom. The summed E-state index contributed by atoms with van der Waals surface area (Å²) in [5, 5.41) is 3.19. The summed E-state index contributed by atoms with van der Waals surface area (Å²) in [7, 11) is 1.98. The third-order valence-electron chi connectivity index (χ3n) is 2.35. The van der Waals surface area contributed by atoms with Crippen molar-refractivity contribution >= 4 is 21.5 Å². The van der Waals surface area contributed by atoms with E-state index in [0.717, 1.165) is 13.0 Å². The van der Waals surface area contributed by atoms with Gasteiger partial charge < -0.3 is 5.32 Å². The first-order chi connectivity index (χ1) is 6.31. The minimum Gasteiger partial charge on any atom is -0.316 e. The van der Waals surface area contributed by atoms with Gasteiger partial charge in [-0.1, -0.05) is 28.1 Å². The van der Waals surface area contributed by atoms with Gasteiger partial charge >= 0.3 is 0 Å². The average molecular weight is 238 g/mol. The summed E-state index contributed by atoms with van der Waals surface area (Å²) in [5.74, 6) is 0. The van der Waals surface area contributed by atoms with Crippen LogP contribution in [0.5, 0.6) is 0 Å². The first kappa shape index (κ1) is 8.97. The molecular formula is C11H12BrN. The van der Waals surface area contributed by atoms with Gasteiger partial charge in [0.15, 0.2) is 0 Å². The molecule has 1 aromatic rings. The topological polar surface area (TPSA) is 12.0 Å². The molecule has 1 aliphatic carbocycles. The van der Waals surface area contributed by atoms with Crippen LogP contribution < -0.4 is 5.32 Å². The number of nitrogens with one attached hydrogen (secondary N) is 1. The number of benzene rings is 1. The molecule has 0 radical (unpaired) electrons. The lowest BCUT2D eigenvalue weighted by molar-refractivity contribution is 0.932. The number of halogens is 1. The largest absolute Gasteiger partial charge is 0.316 e. The predicted molar refractivity (Wildman–Crippen MR) is 59.7 cm³/mol. The lowest BCUT2D eigenvalue weighted by Crippen LogP contribution is -2.08. The smallest absolute Gasteiger partial charge is 0.0205 e. The molecule has 2 heteroatoms. The Morgan fingerprint density at radius 2 is 2.31 bits per heavy atom. The van der Waals surface area contributed by atoms with E-state index in [9.17, 15) is 0 Å². The molecule has 0 amide bonds. The molecule has 0 aliphatic heterocycles. The molecule has 0 heterocycles. The summed E-state index contributed by atoms with van der Waals surface area (Å²) >= 11 is 3.49. The standard InChI is InChI=1S/C11H12BrN/c1-13-7-9-3-2-8-6-10(12)4-5-11(8)9/h3-6,13H,2,7H2,1H3. The van der Waals surface area contributed by atoms with E-state index in [0.29, 0.717) is 0 Å². The molecule has 1 aromatic carbocycles. The van der Waals surface area contributed by atoms with Gasteiger partial charge in [0.2, 0.25) is 0 Å². The Bertz CT molecular complexity index is 355. The second-order valence-electron chi connectivity index (χ2n) is 3.27. The molecule has 13 heavy (non-hydrogen) atoms. The van der Waals surface area contributed by atoms with Crippen molar-refractivity contribution in [2.24, 2.45) is 0 Å². The van der Waals surface area contributed by atoms with Crippen LogP contribution in [0.1, 0.15) is 11.1 Å². The monoisotopic (exact) mass is 237 g/mol. The first-order valence-corrected chi connectivity index (χ1v) is 5.23. The molecule has 0 fully saturated rings. The molecule has 0 saturated heterocycles. The van der Waals surface area contributed by atoms with E-state index in [1.54, 1.807) is 0 Å². The van der Waals surface area contributed by atoms with Crippen molar-refractivity contribution in [1.82, 2.24) is 5.32 Å². The van der Waals surface area contributed by atoms with Crippen LogP contribution in [0.3, 0.4) is 0 Å². The highest BCUT2D eigenvalue weighted by Gasteiger charge is 2.12. The van der Waals surface area contributed by atoms with Crippen LogP contribution in [0.25, 0.3) is 5.57 Å². The van der Waals surface area contributed by atoms with Crippen LogP contribution in [0, 0.1) is 0 Å². The summed E-state index contributed by atoms with van der Waals surface area (Å²) in [6.45, 7) is 0.967. The van der Waals surface area contributed by atoms with Crippen LogP contribution in [-0.2, 0) is 6.42 Å². The number of allylic oxidation sites excluding steroid dienone is 1. The van der Waals surface area contributed by atoms with Gasteiger partial charge in [0, 0.05) is 11.0 Å². The van der Waals surface area contributed by atoms with E-state index in [2.05, 4.69) is 45.5 Å². The molecule has 1 N–H and O–H groups in total. The second kappa shape index (κ2) is 3.64. The fourth-order valence-corrected chi connectivity index (χ4v) is 2.15. The van der Waals surface area contributed by atoms with Crippen LogP contribution >= 0.6 is 15.9 Å². The average Bonchev–Trinajstić information content (AvgIpc) is 2.49. The van der Waals surface area contributed by atoms with Crippen LogP contribution in [0.15, 0.2) is 28.7 Å². The zero-order chi connectivity index (χ0) is 9.26. The minimum absolute atomic E-state index is 0.967. The normalized spacial score (nSPS) is 14.2. The molecule has 2 rings (SSSR count). The van der Waals surface area contributed by atoms with Gasteiger partial charge in [0.25, 0.3) is 0 Å². The second-order valence-corrected chi connectivity index (χ2v) is 4.18. The third-order valence-corrected chi connectivity index (χ3v) is 2.84. The molecule has 1 nitrogen and oxygen atoms in total. The van der Waals surface area contributed by atoms with E-state index in [1.807, 2.05) is 7.05 Å². The molecular weight excluding hydrogens is 226 g/mol. The lowest BCUT2D eigenvalue weighted by Gasteiger charge is -2.04. The first-order valence-electron chi connectivity index (χ1n) is 4.43. The van der Waals surface area contributed by atoms with Gasteiger partial charge in [0.1, 0.15) is 0 Å². The lowest BCUT2D eigenvalue weighted by atomic mass is 10.1. The number of fused-ring (bicyclic) bond motifs is 1. The molecule has 1 aliphatic rings. The predicted octanol–water partition coefficient (Wildman–Crippen LogP) is 2.61. The van der Waals surface area contributed by atoms with Crippen molar-refractivity contribution in [1.29, 1.82) is 0 Å². The van der Waals surface area contributed by atoms with Gasteiger partial charge in [0.05, 0.1) is 0 Å². The number of hydrogen-bond donors (Lipinski definition) is 1. The van der Waals surface area contributed by atoms with Crippen molar-refractivity contribution in [2.45, 2.75) is 6.42 Å². The van der Waals surface area contributed by atoms with Crippen LogP contribution in [0.4, 0.5) is 0 Å². The van der Waals surface area contributed by atoms with Gasteiger partial charge in [-0.15, -0.1) is 0 Å². The van der Waals surface area contributed by atoms with Gasteiger partial charge in [-0.3, -0.25) is 0 Å². The fraction of sp³-hybridized carbons (Fsp3) is 0.273. The Balaban J connectivity index is 2.34. The summed E-state index contributed by atoms with van der Waals surface area (Å²) in [5.41, 5.74) is 4.25. The van der Waals surface area contributed by atoms with E-state index in [-0.39, 0.29) is 0 Å². The zero-order valence-corrected chi connectivity index (χ0v) is 9.19. The maximum absolute atomic E-state index is 3.49. The number of hydrogen-bond acceptors (Lipinski definition) is 1. The molecule has 0 saturated carbocycles. The number of likely N-dealkylation sites (N-methyl/N-ethyl adjacent to an activating group) is 1. The fourth-order valence-electron chi connectivity index (χ4n) is 1.75. The molecule has 0 bridgehead atoms. The highest BCUT2D eigenvalue weighted by Crippen LogP contribution is 2.29. The van der Waals surface area contributed by atoms with E-state index in [1.165, 1.54) is 21.2 Å². The molecule has 0 spiro atoms. The minimum atomic E-state index is 0.967. The van der Waals surface area contributed by atoms with Crippen molar-refractivity contribution in [3.05, 3.63) is 39.9 Å². The summed E-state index contributed by atoms with van der Waals surface area (Å²) < 4.78 is 1.17. The highest BCUT2D eigenvalue weighted by atomic mass is 79.9. The zero-order valence-electron chi connectivity index (χ0n) is 7.60. The van der Waals surface area contributed by atoms with Crippen molar-refractivity contribution < 1.29 is 0 Å². The summed E-state index contributed by atoms with van der Waals surface area (Å²) in [6.07, 6.45) is 3.37. The van der Waals surface area contributed by atoms with E-state index < -0.39 is 0 Å². The Kier molecular flexibility index (Phi) is 2.51. The van der Waals surface area contributed by atoms with Crippen molar-refractivity contribution in [2.75, 3.05) is 13.6 Å². The third kappa shape index (κ3) is 1.69. The highest BCUT2D eigenvalue weighted by molar-refractivity contribution is 9.10. The quantitative estimate of drug-likeness (QED) is 0.835. The molecule has 68 valence electrons. The Hall–Kier alpha value is -0.600. The van der Waals surface area contributed by atoms with Crippen LogP contribution in [-0.4, -0.2) is 13.6 Å². The summed E-state index contributed by atoms with van der Waals surface area (Å²) in [4.78, 5) is 0. The van der Waals surface area contributed by atoms with E-state index in [4.69, 9.17) is 0 Å².